The Morgan fingerprint density at radius 1 is 1.15 bits per heavy atom. The summed E-state index contributed by atoms with van der Waals surface area (Å²) in [5.41, 5.74) is 1.54. The fourth-order valence-electron chi connectivity index (χ4n) is 5.25. The van der Waals surface area contributed by atoms with Crippen molar-refractivity contribution in [3.8, 4) is 0 Å². The topological polar surface area (TPSA) is 136 Å². The molecular formula is C24H23ClF3N7O4S2. The molecule has 0 bridgehead atoms. The summed E-state index contributed by atoms with van der Waals surface area (Å²) in [6.45, 7) is -3.30. The van der Waals surface area contributed by atoms with Crippen LogP contribution in [0.5, 0.6) is 0 Å². The van der Waals surface area contributed by atoms with Gasteiger partial charge in [-0.05, 0) is 18.2 Å². The molecule has 218 valence electrons. The Morgan fingerprint density at radius 3 is 2.54 bits per heavy atom. The second-order valence-electron chi connectivity index (χ2n) is 9.76. The number of hydrogen-bond acceptors (Lipinski definition) is 9. The Balaban J connectivity index is 1.46. The molecule has 3 N–H and O–H groups in total. The fraction of sp³-hybridized carbons (Fsp3) is 0.375. The number of aliphatic imine (C=N–C) groups is 1. The average molecular weight is 630 g/mol. The maximum Gasteiger partial charge on any atom is 0.333 e. The van der Waals surface area contributed by atoms with Gasteiger partial charge in [0.1, 0.15) is 11.9 Å². The van der Waals surface area contributed by atoms with Gasteiger partial charge in [-0.25, -0.2) is 14.1 Å². The lowest BCUT2D eigenvalue weighted by Gasteiger charge is -2.32. The van der Waals surface area contributed by atoms with Gasteiger partial charge in [-0.15, -0.1) is 11.3 Å². The zero-order valence-corrected chi connectivity index (χ0v) is 23.4. The third-order valence-corrected chi connectivity index (χ3v) is 9.81. The van der Waals surface area contributed by atoms with Gasteiger partial charge in [0.2, 0.25) is 0 Å². The van der Waals surface area contributed by atoms with Crippen LogP contribution >= 0.6 is 22.9 Å². The van der Waals surface area contributed by atoms with Crippen molar-refractivity contribution in [2.75, 3.05) is 19.6 Å². The molecule has 0 amide bonds. The van der Waals surface area contributed by atoms with E-state index < -0.39 is 46.9 Å². The zero-order valence-electron chi connectivity index (χ0n) is 21.0. The van der Waals surface area contributed by atoms with Crippen LogP contribution in [0.2, 0.25) is 5.02 Å². The minimum Gasteiger partial charge on any atom is -0.389 e. The Labute approximate surface area is 241 Å². The van der Waals surface area contributed by atoms with Gasteiger partial charge >= 0.3 is 6.55 Å². The summed E-state index contributed by atoms with van der Waals surface area (Å²) in [6.07, 6.45) is 0.428. The molecule has 0 aliphatic carbocycles. The van der Waals surface area contributed by atoms with Gasteiger partial charge in [0, 0.05) is 71.7 Å². The molecule has 11 nitrogen and oxygen atoms in total. The largest absolute Gasteiger partial charge is 0.389 e. The van der Waals surface area contributed by atoms with Crippen LogP contribution < -0.4 is 4.72 Å². The van der Waals surface area contributed by atoms with Gasteiger partial charge in [-0.2, -0.15) is 31.3 Å². The maximum atomic E-state index is 14.0. The van der Waals surface area contributed by atoms with E-state index in [2.05, 4.69) is 14.8 Å². The number of nitrogens with zero attached hydrogens (tertiary/aromatic N) is 6. The summed E-state index contributed by atoms with van der Waals surface area (Å²) in [5.74, 6) is -0.157. The highest BCUT2D eigenvalue weighted by Crippen LogP contribution is 2.46. The number of aliphatic hydroxyl groups excluding tert-OH is 2. The minimum atomic E-state index is -4.11. The molecule has 0 unspecified atom stereocenters. The summed E-state index contributed by atoms with van der Waals surface area (Å²) in [6, 6.07) is 3.62. The number of amidine groups is 1. The van der Waals surface area contributed by atoms with Gasteiger partial charge in [0.25, 0.3) is 10.2 Å². The average Bonchev–Trinajstić information content (AvgIpc) is 3.71. The lowest BCUT2D eigenvalue weighted by molar-refractivity contribution is 0.0564. The molecule has 3 aliphatic rings. The summed E-state index contributed by atoms with van der Waals surface area (Å²) in [7, 11) is -4.11. The molecule has 0 radical (unpaired) electrons. The molecule has 2 aromatic heterocycles. The van der Waals surface area contributed by atoms with Crippen molar-refractivity contribution in [3.05, 3.63) is 74.8 Å². The van der Waals surface area contributed by atoms with E-state index in [4.69, 9.17) is 16.6 Å². The Kier molecular flexibility index (Phi) is 7.42. The minimum absolute atomic E-state index is 0.0680. The second-order valence-corrected chi connectivity index (χ2v) is 12.8. The number of aliphatic hydroxyl groups is 2. The van der Waals surface area contributed by atoms with Crippen LogP contribution in [-0.4, -0.2) is 86.3 Å². The van der Waals surface area contributed by atoms with E-state index in [-0.39, 0.29) is 36.8 Å². The highest BCUT2D eigenvalue weighted by molar-refractivity contribution is 7.87. The monoisotopic (exact) mass is 629 g/mol. The van der Waals surface area contributed by atoms with Gasteiger partial charge in [-0.3, -0.25) is 4.99 Å². The van der Waals surface area contributed by atoms with Crippen molar-refractivity contribution in [1.82, 2.24) is 28.7 Å². The number of fused-ring (bicyclic) bond motifs is 1. The second kappa shape index (κ2) is 10.8. The first-order chi connectivity index (χ1) is 19.5. The highest BCUT2D eigenvalue weighted by atomic mass is 35.5. The number of halogens is 4. The van der Waals surface area contributed by atoms with E-state index in [0.29, 0.717) is 32.4 Å². The first kappa shape index (κ1) is 28.3. The number of β-amino-alcohol motifs (C(OH)–C–C–N with tert-alkyl or cyclic N) is 2. The van der Waals surface area contributed by atoms with Crippen LogP contribution in [0.4, 0.5) is 13.2 Å². The molecule has 2 fully saturated rings. The molecule has 6 rings (SSSR count). The number of benzene rings is 1. The van der Waals surface area contributed by atoms with Crippen LogP contribution in [-0.2, 0) is 10.2 Å². The van der Waals surface area contributed by atoms with Crippen LogP contribution in [0.25, 0.3) is 5.57 Å². The van der Waals surface area contributed by atoms with Crippen LogP contribution in [0.3, 0.4) is 0 Å². The predicted molar refractivity (Wildman–Crippen MR) is 144 cm³/mol. The van der Waals surface area contributed by atoms with Crippen molar-refractivity contribution >= 4 is 44.6 Å². The fourth-order valence-corrected chi connectivity index (χ4v) is 7.59. The summed E-state index contributed by atoms with van der Waals surface area (Å²) < 4.78 is 71.4. The Bertz CT molecular complexity index is 1620. The Hall–Kier alpha value is -2.86. The van der Waals surface area contributed by atoms with E-state index in [1.54, 1.807) is 16.5 Å². The lowest BCUT2D eigenvalue weighted by Crippen LogP contribution is -2.46. The van der Waals surface area contributed by atoms with Crippen molar-refractivity contribution in [1.29, 1.82) is 0 Å². The number of alkyl halides is 2. The van der Waals surface area contributed by atoms with Crippen molar-refractivity contribution in [2.45, 2.75) is 37.3 Å². The summed E-state index contributed by atoms with van der Waals surface area (Å²) in [4.78, 5) is 11.0. The smallest absolute Gasteiger partial charge is 0.333 e. The number of aromatic nitrogens is 3. The van der Waals surface area contributed by atoms with Gasteiger partial charge < -0.3 is 15.1 Å². The predicted octanol–water partition coefficient (Wildman–Crippen LogP) is 2.39. The normalized spacial score (nSPS) is 25.3. The van der Waals surface area contributed by atoms with Crippen molar-refractivity contribution in [2.24, 2.45) is 4.99 Å². The Morgan fingerprint density at radius 2 is 1.90 bits per heavy atom. The molecule has 0 spiro atoms. The molecule has 3 aromatic rings. The molecule has 41 heavy (non-hydrogen) atoms. The number of thiazole rings is 1. The van der Waals surface area contributed by atoms with Crippen LogP contribution in [0.15, 0.2) is 52.7 Å². The SMILES string of the molecule is O=S(=O)(N[C@H]1CC2=C(c3ccn(C(F)F)n3)[C@H](c3ccc(F)cc3Cl)N=C(c3nccs3)N2C1)N1C[C@@H](O)[C@@H](O)C1. The highest BCUT2D eigenvalue weighted by Gasteiger charge is 2.44. The van der Waals surface area contributed by atoms with E-state index in [0.717, 1.165) is 16.6 Å². The third kappa shape index (κ3) is 5.29. The number of rotatable bonds is 7. The first-order valence-electron chi connectivity index (χ1n) is 12.4. The third-order valence-electron chi connectivity index (χ3n) is 7.11. The number of hydrogen-bond donors (Lipinski definition) is 3. The van der Waals surface area contributed by atoms with Crippen molar-refractivity contribution < 1.29 is 31.8 Å². The van der Waals surface area contributed by atoms with E-state index in [1.807, 2.05) is 0 Å². The molecule has 0 saturated carbocycles. The van der Waals surface area contributed by atoms with E-state index >= 15 is 0 Å². The van der Waals surface area contributed by atoms with Crippen molar-refractivity contribution in [3.63, 3.8) is 0 Å². The molecule has 2 saturated heterocycles. The van der Waals surface area contributed by atoms with E-state index in [1.165, 1.54) is 29.5 Å². The maximum absolute atomic E-state index is 14.0. The molecule has 1 aromatic carbocycles. The summed E-state index contributed by atoms with van der Waals surface area (Å²) >= 11 is 7.76. The molecular weight excluding hydrogens is 607 g/mol. The zero-order chi connectivity index (χ0) is 29.1. The molecule has 4 atom stereocenters. The molecule has 5 heterocycles. The lowest BCUT2D eigenvalue weighted by atomic mass is 9.92. The van der Waals surface area contributed by atoms with Crippen LogP contribution in [0, 0.1) is 5.82 Å². The standard InChI is InChI=1S/C24H23ClF3N7O4S2/c25-15-7-12(26)1-2-14(15)21-20(16-3-5-35(31-16)24(27)28)17-8-13(9-34(17)22(30-21)23-29-4-6-40-23)32-41(38,39)33-10-18(36)19(37)11-33/h1-7,13,18-19,21,24,32,36-37H,8-11H2/t13-,18-,19+,21-/m0/s1. The van der Waals surface area contributed by atoms with Crippen LogP contribution in [0.1, 0.15) is 35.3 Å². The van der Waals surface area contributed by atoms with Gasteiger partial charge in [0.05, 0.1) is 17.9 Å². The first-order valence-corrected chi connectivity index (χ1v) is 15.1. The van der Waals surface area contributed by atoms with Gasteiger partial charge in [0.15, 0.2) is 10.8 Å². The molecule has 3 aliphatic heterocycles. The quantitative estimate of drug-likeness (QED) is 0.365. The van der Waals surface area contributed by atoms with Gasteiger partial charge in [-0.1, -0.05) is 17.7 Å². The summed E-state index contributed by atoms with van der Waals surface area (Å²) in [5, 5.41) is 26.1. The molecule has 17 heteroatoms. The van der Waals surface area contributed by atoms with E-state index in [9.17, 15) is 31.8 Å². The number of nitrogens with one attached hydrogen (secondary N) is 1.